The lowest BCUT2D eigenvalue weighted by Crippen LogP contribution is -2.56. The number of nitrogens with two attached hydrogens (primary N) is 1. The fourth-order valence-corrected chi connectivity index (χ4v) is 6.15. The van der Waals surface area contributed by atoms with Gasteiger partial charge >= 0.3 is 0 Å². The molecular weight excluding hydrogens is 570 g/mol. The van der Waals surface area contributed by atoms with Gasteiger partial charge in [-0.15, -0.1) is 0 Å². The molecular formula is C33H42F2N4O5. The van der Waals surface area contributed by atoms with E-state index in [1.165, 1.54) is 11.0 Å². The van der Waals surface area contributed by atoms with Crippen LogP contribution in [0.2, 0.25) is 0 Å². The standard InChI is InChI=1S/C33H42F2N4O5/c1-37-28-21-27(35)26(34)20-25(28)31(44-19-18-42-16-17-43-22-23-8-4-2-5-9-23)30(37)33(41)39-14-12-38(13-15-39)32(40)29(36)24-10-6-3-7-11-24/h2,4-5,8-9,20-21,24,29H,3,6-7,10-19,22,36H2,1H3/t29-/m0/s1. The van der Waals surface area contributed by atoms with Gasteiger partial charge in [-0.25, -0.2) is 8.78 Å². The third kappa shape index (κ3) is 7.39. The molecule has 2 N–H and O–H groups in total. The molecule has 9 nitrogen and oxygen atoms in total. The lowest BCUT2D eigenvalue weighted by molar-refractivity contribution is -0.135. The van der Waals surface area contributed by atoms with Gasteiger partial charge in [-0.05, 0) is 30.4 Å². The molecule has 1 aliphatic carbocycles. The molecule has 1 saturated heterocycles. The van der Waals surface area contributed by atoms with E-state index >= 15 is 0 Å². The first-order chi connectivity index (χ1) is 21.3. The normalized spacial score (nSPS) is 16.8. The van der Waals surface area contributed by atoms with Crippen LogP contribution in [-0.2, 0) is 27.9 Å². The Hall–Kier alpha value is -3.54. The molecule has 0 unspecified atom stereocenters. The minimum absolute atomic E-state index is 0.0611. The second-order valence-electron chi connectivity index (χ2n) is 11.6. The van der Waals surface area contributed by atoms with Gasteiger partial charge in [0.25, 0.3) is 5.91 Å². The van der Waals surface area contributed by atoms with Gasteiger partial charge in [-0.2, -0.15) is 0 Å². The molecule has 44 heavy (non-hydrogen) atoms. The van der Waals surface area contributed by atoms with Gasteiger partial charge in [0.15, 0.2) is 23.1 Å². The Morgan fingerprint density at radius 1 is 0.886 bits per heavy atom. The lowest BCUT2D eigenvalue weighted by Gasteiger charge is -2.37. The summed E-state index contributed by atoms with van der Waals surface area (Å²) in [7, 11) is 1.63. The number of piperazine rings is 1. The SMILES string of the molecule is Cn1c(C(=O)N2CCN(C(=O)[C@@H](N)C3CCCCC3)CC2)c(OCCOCCOCc2ccccc2)c2cc(F)c(F)cc21. The molecule has 2 aromatic carbocycles. The minimum atomic E-state index is -1.03. The Morgan fingerprint density at radius 2 is 1.52 bits per heavy atom. The van der Waals surface area contributed by atoms with Crippen molar-refractivity contribution in [3.8, 4) is 5.75 Å². The number of hydrogen-bond acceptors (Lipinski definition) is 6. The van der Waals surface area contributed by atoms with E-state index in [9.17, 15) is 18.4 Å². The van der Waals surface area contributed by atoms with Crippen molar-refractivity contribution in [2.24, 2.45) is 18.7 Å². The molecule has 1 atom stereocenters. The number of hydrogen-bond donors (Lipinski definition) is 1. The molecule has 1 aromatic heterocycles. The van der Waals surface area contributed by atoms with Gasteiger partial charge in [0.1, 0.15) is 6.61 Å². The summed E-state index contributed by atoms with van der Waals surface area (Å²) in [5, 5.41) is 0.299. The number of amides is 2. The molecule has 11 heteroatoms. The molecule has 3 aromatic rings. The Morgan fingerprint density at radius 3 is 2.25 bits per heavy atom. The number of ether oxygens (including phenoxy) is 3. The number of halogens is 2. The van der Waals surface area contributed by atoms with E-state index in [1.54, 1.807) is 16.8 Å². The van der Waals surface area contributed by atoms with Crippen LogP contribution < -0.4 is 10.5 Å². The van der Waals surface area contributed by atoms with E-state index in [0.29, 0.717) is 56.9 Å². The molecule has 0 radical (unpaired) electrons. The summed E-state index contributed by atoms with van der Waals surface area (Å²) in [5.74, 6) is -2.05. The molecule has 0 spiro atoms. The van der Waals surface area contributed by atoms with E-state index in [1.807, 2.05) is 30.3 Å². The Labute approximate surface area is 256 Å². The van der Waals surface area contributed by atoms with Crippen molar-refractivity contribution in [3.63, 3.8) is 0 Å². The van der Waals surface area contributed by atoms with Gasteiger partial charge in [0.05, 0.1) is 38.0 Å². The zero-order chi connectivity index (χ0) is 31.1. The second-order valence-corrected chi connectivity index (χ2v) is 11.6. The summed E-state index contributed by atoms with van der Waals surface area (Å²) >= 11 is 0. The Kier molecular flexibility index (Phi) is 10.8. The third-order valence-corrected chi connectivity index (χ3v) is 8.68. The number of carbonyl (C=O) groups excluding carboxylic acids is 2. The molecule has 238 valence electrons. The molecule has 2 amide bonds. The van der Waals surface area contributed by atoms with E-state index in [0.717, 1.165) is 43.4 Å². The molecule has 2 fully saturated rings. The Balaban J connectivity index is 1.19. The molecule has 2 heterocycles. The Bertz CT molecular complexity index is 1420. The smallest absolute Gasteiger partial charge is 0.274 e. The zero-order valence-electron chi connectivity index (χ0n) is 25.3. The highest BCUT2D eigenvalue weighted by atomic mass is 19.2. The van der Waals surface area contributed by atoms with Crippen LogP contribution in [0.3, 0.4) is 0 Å². The molecule has 1 saturated carbocycles. The van der Waals surface area contributed by atoms with Crippen molar-refractivity contribution in [3.05, 3.63) is 65.4 Å². The first kappa shape index (κ1) is 31.9. The topological polar surface area (TPSA) is 99.3 Å². The van der Waals surface area contributed by atoms with Crippen LogP contribution in [0.25, 0.3) is 10.9 Å². The first-order valence-electron chi connectivity index (χ1n) is 15.5. The van der Waals surface area contributed by atoms with E-state index in [2.05, 4.69) is 0 Å². The molecule has 0 bridgehead atoms. The van der Waals surface area contributed by atoms with Crippen LogP contribution >= 0.6 is 0 Å². The number of benzene rings is 2. The van der Waals surface area contributed by atoms with Crippen molar-refractivity contribution < 1.29 is 32.6 Å². The highest BCUT2D eigenvalue weighted by Gasteiger charge is 2.34. The lowest BCUT2D eigenvalue weighted by atomic mass is 9.83. The average Bonchev–Trinajstić information content (AvgIpc) is 3.31. The fourth-order valence-electron chi connectivity index (χ4n) is 6.15. The number of aryl methyl sites for hydroxylation is 1. The minimum Gasteiger partial charge on any atom is -0.488 e. The second kappa shape index (κ2) is 15.0. The maximum absolute atomic E-state index is 14.3. The van der Waals surface area contributed by atoms with Gasteiger partial charge in [-0.1, -0.05) is 49.6 Å². The number of rotatable bonds is 12. The van der Waals surface area contributed by atoms with Crippen LogP contribution in [0, 0.1) is 17.6 Å². The predicted octanol–water partition coefficient (Wildman–Crippen LogP) is 4.26. The highest BCUT2D eigenvalue weighted by Crippen LogP contribution is 2.35. The van der Waals surface area contributed by atoms with Crippen molar-refractivity contribution in [1.82, 2.24) is 14.4 Å². The van der Waals surface area contributed by atoms with E-state index in [-0.39, 0.29) is 42.4 Å². The van der Waals surface area contributed by atoms with Crippen LogP contribution in [0.15, 0.2) is 42.5 Å². The van der Waals surface area contributed by atoms with Crippen LogP contribution in [0.1, 0.15) is 48.2 Å². The maximum Gasteiger partial charge on any atom is 0.274 e. The molecule has 2 aliphatic rings. The summed E-state index contributed by atoms with van der Waals surface area (Å²) in [6.07, 6.45) is 5.35. The van der Waals surface area contributed by atoms with Gasteiger partial charge in [0.2, 0.25) is 5.91 Å². The summed E-state index contributed by atoms with van der Waals surface area (Å²) in [5.41, 5.74) is 7.96. The van der Waals surface area contributed by atoms with Crippen molar-refractivity contribution in [2.45, 2.75) is 44.8 Å². The number of fused-ring (bicyclic) bond motifs is 1. The fraction of sp³-hybridized carbons (Fsp3) is 0.515. The maximum atomic E-state index is 14.3. The van der Waals surface area contributed by atoms with Crippen LogP contribution in [0.4, 0.5) is 8.78 Å². The summed E-state index contributed by atoms with van der Waals surface area (Å²) in [6.45, 7) is 2.92. The van der Waals surface area contributed by atoms with Crippen molar-refractivity contribution in [1.29, 1.82) is 0 Å². The number of nitrogens with zero attached hydrogens (tertiary/aromatic N) is 3. The summed E-state index contributed by atoms with van der Waals surface area (Å²) < 4.78 is 47.3. The molecule has 5 rings (SSSR count). The average molecular weight is 613 g/mol. The van der Waals surface area contributed by atoms with Crippen LogP contribution in [-0.4, -0.2) is 84.8 Å². The zero-order valence-corrected chi connectivity index (χ0v) is 25.3. The largest absolute Gasteiger partial charge is 0.488 e. The quantitative estimate of drug-likeness (QED) is 0.307. The first-order valence-corrected chi connectivity index (χ1v) is 15.5. The monoisotopic (exact) mass is 612 g/mol. The highest BCUT2D eigenvalue weighted by molar-refractivity contribution is 6.04. The predicted molar refractivity (Wildman–Crippen MR) is 162 cm³/mol. The number of aromatic nitrogens is 1. The third-order valence-electron chi connectivity index (χ3n) is 8.68. The van der Waals surface area contributed by atoms with Crippen LogP contribution in [0.5, 0.6) is 5.75 Å². The van der Waals surface area contributed by atoms with Crippen molar-refractivity contribution in [2.75, 3.05) is 52.6 Å². The summed E-state index contributed by atoms with van der Waals surface area (Å²) in [4.78, 5) is 30.3. The number of carbonyl (C=O) groups is 2. The van der Waals surface area contributed by atoms with Gasteiger partial charge < -0.3 is 34.3 Å². The van der Waals surface area contributed by atoms with Crippen molar-refractivity contribution >= 4 is 22.7 Å². The van der Waals surface area contributed by atoms with Gasteiger partial charge in [-0.3, -0.25) is 9.59 Å². The molecule has 1 aliphatic heterocycles. The van der Waals surface area contributed by atoms with E-state index < -0.39 is 17.7 Å². The van der Waals surface area contributed by atoms with Gasteiger partial charge in [0, 0.05) is 44.7 Å². The summed E-state index contributed by atoms with van der Waals surface area (Å²) in [6, 6.07) is 11.4. The van der Waals surface area contributed by atoms with E-state index in [4.69, 9.17) is 19.9 Å².